The number of hydrogen-bond donors (Lipinski definition) is 1. The molecule has 2 N–H and O–H groups in total. The first-order valence-corrected chi connectivity index (χ1v) is 10.5. The summed E-state index contributed by atoms with van der Waals surface area (Å²) in [6.07, 6.45) is 3.65. The van der Waals surface area contributed by atoms with Gasteiger partial charge < -0.3 is 9.47 Å². The number of ketones is 1. The summed E-state index contributed by atoms with van der Waals surface area (Å²) in [6.45, 7) is 1.13. The summed E-state index contributed by atoms with van der Waals surface area (Å²) in [5, 5.41) is 6.01. The second kappa shape index (κ2) is 6.74. The summed E-state index contributed by atoms with van der Waals surface area (Å²) in [5.41, 5.74) is 1.54. The molecule has 2 aliphatic rings. The molecule has 1 aromatic heterocycles. The van der Waals surface area contributed by atoms with E-state index in [9.17, 15) is 18.0 Å². The normalized spacial score (nSPS) is 18.8. The smallest absolute Gasteiger partial charge is 0.277 e. The summed E-state index contributed by atoms with van der Waals surface area (Å²) in [6, 6.07) is 7.60. The molecule has 144 valence electrons. The average molecular weight is 390 g/mol. The molecular formula is C18H22N4O4S. The van der Waals surface area contributed by atoms with Crippen molar-refractivity contribution in [2.24, 2.45) is 11.1 Å². The Bertz CT molecular complexity index is 1000. The van der Waals surface area contributed by atoms with Crippen molar-refractivity contribution < 1.29 is 18.0 Å². The molecule has 2 aromatic rings. The maximum atomic E-state index is 12.7. The van der Waals surface area contributed by atoms with Crippen LogP contribution in [0.1, 0.15) is 23.2 Å². The van der Waals surface area contributed by atoms with E-state index in [4.69, 9.17) is 5.14 Å². The number of para-hydroxylation sites is 1. The number of Topliss-reactive ketones (excluding diaryl/α,β-unsaturated/α-hetero) is 1. The van der Waals surface area contributed by atoms with E-state index in [0.717, 1.165) is 23.7 Å². The highest BCUT2D eigenvalue weighted by Crippen LogP contribution is 2.35. The fraction of sp³-hybridized carbons (Fsp3) is 0.444. The number of hydrogen-bond acceptors (Lipinski definition) is 4. The van der Waals surface area contributed by atoms with Gasteiger partial charge >= 0.3 is 0 Å². The summed E-state index contributed by atoms with van der Waals surface area (Å²) in [4.78, 5) is 26.9. The maximum absolute atomic E-state index is 12.7. The van der Waals surface area contributed by atoms with E-state index in [1.165, 1.54) is 4.31 Å². The number of piperazine rings is 1. The lowest BCUT2D eigenvalue weighted by Gasteiger charge is -2.33. The van der Waals surface area contributed by atoms with Gasteiger partial charge in [0.05, 0.1) is 0 Å². The van der Waals surface area contributed by atoms with Gasteiger partial charge in [0.1, 0.15) is 6.54 Å². The zero-order valence-corrected chi connectivity index (χ0v) is 15.7. The summed E-state index contributed by atoms with van der Waals surface area (Å²) in [5.74, 6) is 0.167. The van der Waals surface area contributed by atoms with Crippen LogP contribution < -0.4 is 5.14 Å². The van der Waals surface area contributed by atoms with Crippen molar-refractivity contribution >= 4 is 32.8 Å². The van der Waals surface area contributed by atoms with Crippen LogP contribution in [-0.4, -0.2) is 60.1 Å². The molecule has 8 nitrogen and oxygen atoms in total. The first-order valence-electron chi connectivity index (χ1n) is 9.02. The van der Waals surface area contributed by atoms with E-state index in [1.54, 1.807) is 11.1 Å². The molecule has 1 amide bonds. The number of amides is 1. The number of fused-ring (bicyclic) bond motifs is 1. The first-order chi connectivity index (χ1) is 12.8. The molecule has 0 unspecified atom stereocenters. The fourth-order valence-electron chi connectivity index (χ4n) is 3.58. The molecule has 4 rings (SSSR count). The first kappa shape index (κ1) is 18.1. The van der Waals surface area contributed by atoms with Crippen molar-refractivity contribution in [3.8, 4) is 0 Å². The lowest BCUT2D eigenvalue weighted by Crippen LogP contribution is -2.52. The van der Waals surface area contributed by atoms with E-state index in [1.807, 2.05) is 28.8 Å². The molecular weight excluding hydrogens is 368 g/mol. The van der Waals surface area contributed by atoms with E-state index in [2.05, 4.69) is 0 Å². The Balaban J connectivity index is 1.52. The van der Waals surface area contributed by atoms with Crippen LogP contribution in [0.15, 0.2) is 30.5 Å². The molecule has 1 aromatic carbocycles. The second-order valence-corrected chi connectivity index (χ2v) is 8.70. The molecule has 1 aliphatic carbocycles. The molecule has 0 spiro atoms. The predicted molar refractivity (Wildman–Crippen MR) is 100 cm³/mol. The highest BCUT2D eigenvalue weighted by molar-refractivity contribution is 7.86. The number of nitrogens with zero attached hydrogens (tertiary/aromatic N) is 3. The van der Waals surface area contributed by atoms with Crippen LogP contribution in [0, 0.1) is 5.92 Å². The third-order valence-corrected chi connectivity index (χ3v) is 6.34. The Labute approximate surface area is 157 Å². The van der Waals surface area contributed by atoms with Crippen molar-refractivity contribution in [3.05, 3.63) is 36.0 Å². The Morgan fingerprint density at radius 3 is 2.37 bits per heavy atom. The van der Waals surface area contributed by atoms with Gasteiger partial charge in [-0.3, -0.25) is 9.59 Å². The van der Waals surface area contributed by atoms with E-state index < -0.39 is 10.2 Å². The van der Waals surface area contributed by atoms with Gasteiger partial charge in [0, 0.05) is 54.8 Å². The van der Waals surface area contributed by atoms with Crippen LogP contribution in [0.3, 0.4) is 0 Å². The average Bonchev–Trinajstić information content (AvgIpc) is 3.44. The minimum Gasteiger partial charge on any atom is -0.339 e. The lowest BCUT2D eigenvalue weighted by atomic mass is 10.1. The summed E-state index contributed by atoms with van der Waals surface area (Å²) < 4.78 is 25.8. The molecule has 0 atom stereocenters. The van der Waals surface area contributed by atoms with Crippen LogP contribution in [0.5, 0.6) is 0 Å². The number of aromatic nitrogens is 1. The van der Waals surface area contributed by atoms with E-state index >= 15 is 0 Å². The zero-order chi connectivity index (χ0) is 19.2. The van der Waals surface area contributed by atoms with E-state index in [-0.39, 0.29) is 37.2 Å². The largest absolute Gasteiger partial charge is 0.339 e. The van der Waals surface area contributed by atoms with E-state index in [0.29, 0.717) is 18.7 Å². The number of carbonyl (C=O) groups excluding carboxylic acids is 2. The second-order valence-electron chi connectivity index (χ2n) is 7.15. The van der Waals surface area contributed by atoms with Crippen molar-refractivity contribution in [3.63, 3.8) is 0 Å². The Morgan fingerprint density at radius 1 is 1.07 bits per heavy atom. The number of rotatable bonds is 5. The predicted octanol–water partition coefficient (Wildman–Crippen LogP) is 0.582. The van der Waals surface area contributed by atoms with Gasteiger partial charge in [0.15, 0.2) is 5.78 Å². The van der Waals surface area contributed by atoms with Gasteiger partial charge in [-0.2, -0.15) is 12.7 Å². The molecule has 27 heavy (non-hydrogen) atoms. The molecule has 0 bridgehead atoms. The van der Waals surface area contributed by atoms with Gasteiger partial charge in [-0.1, -0.05) is 18.2 Å². The highest BCUT2D eigenvalue weighted by atomic mass is 32.2. The van der Waals surface area contributed by atoms with Crippen molar-refractivity contribution in [1.29, 1.82) is 0 Å². The molecule has 0 radical (unpaired) electrons. The molecule has 9 heteroatoms. The number of benzene rings is 1. The highest BCUT2D eigenvalue weighted by Gasteiger charge is 2.32. The molecule has 1 saturated heterocycles. The molecule has 1 saturated carbocycles. The quantitative estimate of drug-likeness (QED) is 0.754. The minimum absolute atomic E-state index is 0.102. The SMILES string of the molecule is NS(=O)(=O)N1CCN(C(=O)Cn2cc(C(=O)C3CC3)c3ccccc32)CC1. The van der Waals surface area contributed by atoms with Crippen LogP contribution in [0.4, 0.5) is 0 Å². The lowest BCUT2D eigenvalue weighted by molar-refractivity contribution is -0.132. The Morgan fingerprint density at radius 2 is 1.74 bits per heavy atom. The maximum Gasteiger partial charge on any atom is 0.277 e. The number of carbonyl (C=O) groups is 2. The molecule has 2 heterocycles. The van der Waals surface area contributed by atoms with Crippen molar-refractivity contribution in [2.45, 2.75) is 19.4 Å². The molecule has 1 aliphatic heterocycles. The third-order valence-electron chi connectivity index (χ3n) is 5.26. The molecule has 2 fully saturated rings. The fourth-order valence-corrected chi connectivity index (χ4v) is 4.25. The van der Waals surface area contributed by atoms with Crippen LogP contribution in [0.25, 0.3) is 10.9 Å². The van der Waals surface area contributed by atoms with Crippen LogP contribution in [0.2, 0.25) is 0 Å². The summed E-state index contributed by atoms with van der Waals surface area (Å²) in [7, 11) is -3.72. The standard InChI is InChI=1S/C18H22N4O4S/c19-27(25,26)22-9-7-20(8-10-22)17(23)12-21-11-15(18(24)13-5-6-13)14-3-1-2-4-16(14)21/h1-4,11,13H,5-10,12H2,(H2,19,25,26). The Kier molecular flexibility index (Phi) is 4.53. The minimum atomic E-state index is -3.72. The van der Waals surface area contributed by atoms with Gasteiger partial charge in [0.25, 0.3) is 10.2 Å². The third kappa shape index (κ3) is 3.62. The number of nitrogens with two attached hydrogens (primary N) is 1. The van der Waals surface area contributed by atoms with Gasteiger partial charge in [-0.05, 0) is 18.9 Å². The van der Waals surface area contributed by atoms with Gasteiger partial charge in [0.2, 0.25) is 5.91 Å². The van der Waals surface area contributed by atoms with Crippen LogP contribution >= 0.6 is 0 Å². The van der Waals surface area contributed by atoms with Crippen LogP contribution in [-0.2, 0) is 21.5 Å². The van der Waals surface area contributed by atoms with Gasteiger partial charge in [-0.15, -0.1) is 0 Å². The zero-order valence-electron chi connectivity index (χ0n) is 14.9. The van der Waals surface area contributed by atoms with Crippen molar-refractivity contribution in [1.82, 2.24) is 13.8 Å². The topological polar surface area (TPSA) is 106 Å². The summed E-state index contributed by atoms with van der Waals surface area (Å²) >= 11 is 0. The van der Waals surface area contributed by atoms with Gasteiger partial charge in [-0.25, -0.2) is 5.14 Å². The Hall–Kier alpha value is -2.23. The van der Waals surface area contributed by atoms with Crippen molar-refractivity contribution in [2.75, 3.05) is 26.2 Å². The monoisotopic (exact) mass is 390 g/mol.